The number of likely N-dealkylation sites (tertiary alicyclic amines) is 1. The molecule has 122 valence electrons. The lowest BCUT2D eigenvalue weighted by Crippen LogP contribution is -2.43. The molecule has 0 aromatic carbocycles. The number of nitrogens with zero attached hydrogens (tertiary/aromatic N) is 2. The Bertz CT molecular complexity index is 483. The number of aromatic nitrogens is 1. The molecule has 1 aromatic rings. The first-order chi connectivity index (χ1) is 10.6. The van der Waals surface area contributed by atoms with Gasteiger partial charge in [-0.3, -0.25) is 4.79 Å². The van der Waals surface area contributed by atoms with Crippen molar-refractivity contribution in [1.82, 2.24) is 15.2 Å². The fraction of sp³-hybridized carbons (Fsp3) is 0.647. The number of carbonyl (C=O) groups excluding carboxylic acids is 1. The molecular formula is C17H28N4O. The van der Waals surface area contributed by atoms with Crippen molar-refractivity contribution >= 4 is 11.7 Å². The average Bonchev–Trinajstić information content (AvgIpc) is 2.48. The van der Waals surface area contributed by atoms with E-state index in [1.165, 1.54) is 19.3 Å². The van der Waals surface area contributed by atoms with E-state index in [-0.39, 0.29) is 18.0 Å². The Kier molecular flexibility index (Phi) is 6.19. The van der Waals surface area contributed by atoms with E-state index in [1.807, 2.05) is 19.9 Å². The van der Waals surface area contributed by atoms with Crippen LogP contribution in [0, 0.1) is 0 Å². The van der Waals surface area contributed by atoms with E-state index in [0.717, 1.165) is 19.6 Å². The van der Waals surface area contributed by atoms with Gasteiger partial charge < -0.3 is 15.5 Å². The first-order valence-corrected chi connectivity index (χ1v) is 8.31. The van der Waals surface area contributed by atoms with Crippen LogP contribution in [-0.2, 0) is 0 Å². The maximum absolute atomic E-state index is 12.5. The van der Waals surface area contributed by atoms with Gasteiger partial charge in [0.2, 0.25) is 0 Å². The van der Waals surface area contributed by atoms with Crippen LogP contribution < -0.4 is 10.6 Å². The second-order valence-electron chi connectivity index (χ2n) is 6.43. The standard InChI is InChI=1S/C17H28N4O/c1-13(2)19-16-15(8-7-9-18-16)17(22)20-14(3)12-21-10-5-4-6-11-21/h7-9,13-14H,4-6,10-12H2,1-3H3,(H,18,19)(H,20,22). The van der Waals surface area contributed by atoms with E-state index in [4.69, 9.17) is 0 Å². The molecule has 1 aromatic heterocycles. The minimum atomic E-state index is -0.0549. The van der Waals surface area contributed by atoms with Crippen LogP contribution in [0.2, 0.25) is 0 Å². The highest BCUT2D eigenvalue weighted by Gasteiger charge is 2.18. The zero-order valence-corrected chi connectivity index (χ0v) is 13.9. The Morgan fingerprint density at radius 3 is 2.68 bits per heavy atom. The number of carbonyl (C=O) groups is 1. The molecule has 22 heavy (non-hydrogen) atoms. The maximum Gasteiger partial charge on any atom is 0.255 e. The van der Waals surface area contributed by atoms with Gasteiger partial charge in [-0.15, -0.1) is 0 Å². The third-order valence-electron chi connectivity index (χ3n) is 3.84. The summed E-state index contributed by atoms with van der Waals surface area (Å²) in [5.74, 6) is 0.598. The molecule has 0 bridgehead atoms. The van der Waals surface area contributed by atoms with Gasteiger partial charge in [0.1, 0.15) is 5.82 Å². The van der Waals surface area contributed by atoms with Crippen LogP contribution in [0.4, 0.5) is 5.82 Å². The molecule has 1 aliphatic heterocycles. The third-order valence-corrected chi connectivity index (χ3v) is 3.84. The van der Waals surface area contributed by atoms with Gasteiger partial charge in [-0.1, -0.05) is 6.42 Å². The predicted octanol–water partition coefficient (Wildman–Crippen LogP) is 2.51. The summed E-state index contributed by atoms with van der Waals surface area (Å²) >= 11 is 0. The predicted molar refractivity (Wildman–Crippen MR) is 90.2 cm³/mol. The fourth-order valence-electron chi connectivity index (χ4n) is 2.85. The van der Waals surface area contributed by atoms with Crippen molar-refractivity contribution in [2.24, 2.45) is 0 Å². The van der Waals surface area contributed by atoms with E-state index < -0.39 is 0 Å². The molecule has 0 aliphatic carbocycles. The molecule has 0 spiro atoms. The molecule has 1 aliphatic rings. The van der Waals surface area contributed by atoms with Gasteiger partial charge in [0, 0.05) is 24.8 Å². The lowest BCUT2D eigenvalue weighted by molar-refractivity contribution is 0.0926. The summed E-state index contributed by atoms with van der Waals surface area (Å²) in [6.07, 6.45) is 5.58. The highest BCUT2D eigenvalue weighted by atomic mass is 16.1. The molecule has 1 saturated heterocycles. The molecule has 2 N–H and O–H groups in total. The van der Waals surface area contributed by atoms with Crippen molar-refractivity contribution in [2.45, 2.75) is 52.1 Å². The molecule has 0 radical (unpaired) electrons. The number of piperidine rings is 1. The molecule has 5 heteroatoms. The maximum atomic E-state index is 12.5. The molecule has 5 nitrogen and oxygen atoms in total. The van der Waals surface area contributed by atoms with Gasteiger partial charge in [0.05, 0.1) is 5.56 Å². The highest BCUT2D eigenvalue weighted by molar-refractivity contribution is 5.98. The minimum Gasteiger partial charge on any atom is -0.367 e. The summed E-state index contributed by atoms with van der Waals surface area (Å²) in [5.41, 5.74) is 0.613. The topological polar surface area (TPSA) is 57.3 Å². The zero-order valence-electron chi connectivity index (χ0n) is 13.9. The monoisotopic (exact) mass is 304 g/mol. The molecule has 0 saturated carbocycles. The second-order valence-corrected chi connectivity index (χ2v) is 6.43. The van der Waals surface area contributed by atoms with Gasteiger partial charge in [-0.25, -0.2) is 4.98 Å². The van der Waals surface area contributed by atoms with Crippen LogP contribution in [0.25, 0.3) is 0 Å². The van der Waals surface area contributed by atoms with Crippen molar-refractivity contribution in [2.75, 3.05) is 25.0 Å². The molecular weight excluding hydrogens is 276 g/mol. The highest BCUT2D eigenvalue weighted by Crippen LogP contribution is 2.13. The third kappa shape index (κ3) is 4.98. The zero-order chi connectivity index (χ0) is 15.9. The number of pyridine rings is 1. The van der Waals surface area contributed by atoms with Crippen LogP contribution in [0.5, 0.6) is 0 Å². The van der Waals surface area contributed by atoms with Crippen LogP contribution in [0.15, 0.2) is 18.3 Å². The van der Waals surface area contributed by atoms with E-state index in [0.29, 0.717) is 11.4 Å². The van der Waals surface area contributed by atoms with E-state index in [9.17, 15) is 4.79 Å². The number of anilines is 1. The molecule has 1 atom stereocenters. The second kappa shape index (κ2) is 8.13. The Morgan fingerprint density at radius 1 is 1.27 bits per heavy atom. The van der Waals surface area contributed by atoms with Gasteiger partial charge in [0.25, 0.3) is 5.91 Å². The van der Waals surface area contributed by atoms with Crippen LogP contribution in [0.3, 0.4) is 0 Å². The number of nitrogens with one attached hydrogen (secondary N) is 2. The number of hydrogen-bond acceptors (Lipinski definition) is 4. The van der Waals surface area contributed by atoms with Crippen molar-refractivity contribution in [3.8, 4) is 0 Å². The Balaban J connectivity index is 1.93. The lowest BCUT2D eigenvalue weighted by Gasteiger charge is -2.29. The van der Waals surface area contributed by atoms with Crippen molar-refractivity contribution < 1.29 is 4.79 Å². The largest absolute Gasteiger partial charge is 0.367 e. The lowest BCUT2D eigenvalue weighted by atomic mass is 10.1. The minimum absolute atomic E-state index is 0.0549. The Morgan fingerprint density at radius 2 is 2.00 bits per heavy atom. The fourth-order valence-corrected chi connectivity index (χ4v) is 2.85. The summed E-state index contributed by atoms with van der Waals surface area (Å²) in [5, 5.41) is 6.32. The van der Waals surface area contributed by atoms with Gasteiger partial charge >= 0.3 is 0 Å². The molecule has 1 amide bonds. The molecule has 1 unspecified atom stereocenters. The van der Waals surface area contributed by atoms with Crippen molar-refractivity contribution in [1.29, 1.82) is 0 Å². The van der Waals surface area contributed by atoms with E-state index in [1.54, 1.807) is 12.3 Å². The first-order valence-electron chi connectivity index (χ1n) is 8.31. The van der Waals surface area contributed by atoms with Crippen LogP contribution in [0.1, 0.15) is 50.4 Å². The normalized spacial score (nSPS) is 17.3. The molecule has 2 rings (SSSR count). The van der Waals surface area contributed by atoms with Gasteiger partial charge in [-0.2, -0.15) is 0 Å². The summed E-state index contributed by atoms with van der Waals surface area (Å²) in [7, 11) is 0. The van der Waals surface area contributed by atoms with Crippen molar-refractivity contribution in [3.63, 3.8) is 0 Å². The Labute approximate surface area is 133 Å². The van der Waals surface area contributed by atoms with E-state index >= 15 is 0 Å². The number of hydrogen-bond donors (Lipinski definition) is 2. The quantitative estimate of drug-likeness (QED) is 0.848. The molecule has 2 heterocycles. The first kappa shape index (κ1) is 16.7. The average molecular weight is 304 g/mol. The Hall–Kier alpha value is -1.62. The summed E-state index contributed by atoms with van der Waals surface area (Å²) in [4.78, 5) is 19.2. The van der Waals surface area contributed by atoms with Gasteiger partial charge in [-0.05, 0) is 58.8 Å². The van der Waals surface area contributed by atoms with Crippen molar-refractivity contribution in [3.05, 3.63) is 23.9 Å². The van der Waals surface area contributed by atoms with Gasteiger partial charge in [0.15, 0.2) is 0 Å². The smallest absolute Gasteiger partial charge is 0.255 e. The summed E-state index contributed by atoms with van der Waals surface area (Å²) in [6.45, 7) is 9.35. The van der Waals surface area contributed by atoms with Crippen LogP contribution in [-0.4, -0.2) is 47.5 Å². The van der Waals surface area contributed by atoms with Crippen LogP contribution >= 0.6 is 0 Å². The number of rotatable bonds is 6. The summed E-state index contributed by atoms with van der Waals surface area (Å²) in [6, 6.07) is 4.00. The van der Waals surface area contributed by atoms with E-state index in [2.05, 4.69) is 27.4 Å². The molecule has 1 fully saturated rings. The SMILES string of the molecule is CC(C)Nc1ncccc1C(=O)NC(C)CN1CCCCC1. The number of amides is 1. The summed E-state index contributed by atoms with van der Waals surface area (Å²) < 4.78 is 0.